The normalized spacial score (nSPS) is 17.7. The number of hydrogen-bond acceptors (Lipinski definition) is 5. The Balaban J connectivity index is 2.31. The molecule has 2 rings (SSSR count). The Kier molecular flexibility index (Phi) is 4.11. The molecular weight excluding hydrogens is 278 g/mol. The largest absolute Gasteiger partial charge is 0.496 e. The van der Waals surface area contributed by atoms with Crippen LogP contribution in [0.5, 0.6) is 5.75 Å². The summed E-state index contributed by atoms with van der Waals surface area (Å²) in [5.74, 6) is -2.26. The van der Waals surface area contributed by atoms with Crippen LogP contribution in [0, 0.1) is 5.92 Å². The molecule has 1 aromatic rings. The van der Waals surface area contributed by atoms with Gasteiger partial charge in [-0.2, -0.15) is 0 Å². The van der Waals surface area contributed by atoms with Crippen LogP contribution in [0.1, 0.15) is 16.8 Å². The molecule has 1 aliphatic heterocycles. The van der Waals surface area contributed by atoms with Crippen molar-refractivity contribution in [3.63, 3.8) is 0 Å². The highest BCUT2D eigenvalue weighted by atomic mass is 16.5. The van der Waals surface area contributed by atoms with Crippen molar-refractivity contribution in [3.8, 4) is 5.75 Å². The molecule has 0 saturated carbocycles. The lowest BCUT2D eigenvalue weighted by atomic mass is 10.1. The fourth-order valence-electron chi connectivity index (χ4n) is 2.25. The Bertz CT molecular complexity index is 597. The number of carbonyl (C=O) groups excluding carboxylic acids is 2. The number of carboxylic acid groups (broad SMARTS) is 1. The standard InChI is InChI=1S/C14H15NO6/c1-20-11-6-9(3-4-10(11)14(19)21-2)15-7-8(13(17)18)5-12(15)16/h3-4,6,8H,5,7H2,1-2H3,(H,17,18). The average Bonchev–Trinajstić information content (AvgIpc) is 2.88. The Labute approximate surface area is 121 Å². The van der Waals surface area contributed by atoms with Gasteiger partial charge in [-0.15, -0.1) is 0 Å². The Morgan fingerprint density at radius 2 is 2.05 bits per heavy atom. The first-order chi connectivity index (χ1) is 9.97. The summed E-state index contributed by atoms with van der Waals surface area (Å²) in [6.07, 6.45) is -0.0313. The van der Waals surface area contributed by atoms with E-state index in [1.165, 1.54) is 31.3 Å². The molecule has 0 aliphatic carbocycles. The number of rotatable bonds is 4. The molecule has 0 bridgehead atoms. The third kappa shape index (κ3) is 2.81. The Morgan fingerprint density at radius 3 is 2.57 bits per heavy atom. The lowest BCUT2D eigenvalue weighted by Crippen LogP contribution is -2.25. The summed E-state index contributed by atoms with van der Waals surface area (Å²) in [4.78, 5) is 35.8. The molecule has 1 atom stereocenters. The summed E-state index contributed by atoms with van der Waals surface area (Å²) in [5.41, 5.74) is 0.735. The zero-order chi connectivity index (χ0) is 15.6. The van der Waals surface area contributed by atoms with E-state index in [0.29, 0.717) is 5.69 Å². The third-order valence-corrected chi connectivity index (χ3v) is 3.38. The highest BCUT2D eigenvalue weighted by Crippen LogP contribution is 2.30. The zero-order valence-electron chi connectivity index (χ0n) is 11.7. The van der Waals surface area contributed by atoms with Gasteiger partial charge in [0.1, 0.15) is 11.3 Å². The van der Waals surface area contributed by atoms with E-state index < -0.39 is 17.9 Å². The van der Waals surface area contributed by atoms with Crippen LogP contribution in [0.3, 0.4) is 0 Å². The van der Waals surface area contributed by atoms with Crippen molar-refractivity contribution < 1.29 is 29.0 Å². The minimum absolute atomic E-state index is 0.0313. The van der Waals surface area contributed by atoms with Gasteiger partial charge in [0.2, 0.25) is 5.91 Å². The first-order valence-corrected chi connectivity index (χ1v) is 6.27. The number of methoxy groups -OCH3 is 2. The number of amides is 1. The minimum atomic E-state index is -0.996. The monoisotopic (exact) mass is 293 g/mol. The van der Waals surface area contributed by atoms with E-state index >= 15 is 0 Å². The smallest absolute Gasteiger partial charge is 0.341 e. The van der Waals surface area contributed by atoms with Gasteiger partial charge in [0.05, 0.1) is 20.1 Å². The molecule has 1 fully saturated rings. The third-order valence-electron chi connectivity index (χ3n) is 3.38. The molecule has 7 heteroatoms. The number of ether oxygens (including phenoxy) is 2. The van der Waals surface area contributed by atoms with Gasteiger partial charge >= 0.3 is 11.9 Å². The maximum absolute atomic E-state index is 11.9. The fraction of sp³-hybridized carbons (Fsp3) is 0.357. The van der Waals surface area contributed by atoms with E-state index in [0.717, 1.165) is 0 Å². The quantitative estimate of drug-likeness (QED) is 0.830. The van der Waals surface area contributed by atoms with Crippen molar-refractivity contribution in [2.24, 2.45) is 5.92 Å². The SMILES string of the molecule is COC(=O)c1ccc(N2CC(C(=O)O)CC2=O)cc1OC. The summed E-state index contributed by atoms with van der Waals surface area (Å²) in [6, 6.07) is 4.58. The van der Waals surface area contributed by atoms with E-state index in [4.69, 9.17) is 9.84 Å². The highest BCUT2D eigenvalue weighted by molar-refractivity contribution is 6.00. The molecule has 1 amide bonds. The van der Waals surface area contributed by atoms with E-state index in [1.807, 2.05) is 0 Å². The van der Waals surface area contributed by atoms with E-state index in [2.05, 4.69) is 4.74 Å². The molecule has 1 heterocycles. The van der Waals surface area contributed by atoms with Gasteiger partial charge in [-0.1, -0.05) is 0 Å². The summed E-state index contributed by atoms with van der Waals surface area (Å²) < 4.78 is 9.76. The van der Waals surface area contributed by atoms with Gasteiger partial charge in [-0.05, 0) is 12.1 Å². The van der Waals surface area contributed by atoms with Crippen LogP contribution in [0.2, 0.25) is 0 Å². The number of nitrogens with zero attached hydrogens (tertiary/aromatic N) is 1. The van der Waals surface area contributed by atoms with Gasteiger partial charge in [0.25, 0.3) is 0 Å². The van der Waals surface area contributed by atoms with Gasteiger partial charge in [0.15, 0.2) is 0 Å². The molecule has 1 aromatic carbocycles. The van der Waals surface area contributed by atoms with E-state index in [9.17, 15) is 14.4 Å². The van der Waals surface area contributed by atoms with Crippen molar-refractivity contribution in [1.29, 1.82) is 0 Å². The molecule has 112 valence electrons. The Morgan fingerprint density at radius 1 is 1.33 bits per heavy atom. The van der Waals surface area contributed by atoms with Crippen LogP contribution < -0.4 is 9.64 Å². The van der Waals surface area contributed by atoms with Gasteiger partial charge in [0, 0.05) is 24.7 Å². The van der Waals surface area contributed by atoms with Crippen LogP contribution in [-0.4, -0.2) is 43.7 Å². The predicted octanol–water partition coefficient (Wildman–Crippen LogP) is 0.919. The maximum Gasteiger partial charge on any atom is 0.341 e. The lowest BCUT2D eigenvalue weighted by molar-refractivity contribution is -0.141. The topological polar surface area (TPSA) is 93.1 Å². The van der Waals surface area contributed by atoms with Crippen LogP contribution >= 0.6 is 0 Å². The van der Waals surface area contributed by atoms with Crippen molar-refractivity contribution in [3.05, 3.63) is 23.8 Å². The predicted molar refractivity (Wildman–Crippen MR) is 72.4 cm³/mol. The van der Waals surface area contributed by atoms with E-state index in [1.54, 1.807) is 6.07 Å². The van der Waals surface area contributed by atoms with Crippen molar-refractivity contribution in [1.82, 2.24) is 0 Å². The number of carboxylic acids is 1. The van der Waals surface area contributed by atoms with Gasteiger partial charge in [-0.25, -0.2) is 4.79 Å². The van der Waals surface area contributed by atoms with Gasteiger partial charge in [-0.3, -0.25) is 9.59 Å². The number of benzene rings is 1. The van der Waals surface area contributed by atoms with Crippen molar-refractivity contribution in [2.45, 2.75) is 6.42 Å². The van der Waals surface area contributed by atoms with Crippen LogP contribution in [0.25, 0.3) is 0 Å². The summed E-state index contributed by atoms with van der Waals surface area (Å²) >= 11 is 0. The van der Waals surface area contributed by atoms with Gasteiger partial charge < -0.3 is 19.5 Å². The first-order valence-electron chi connectivity index (χ1n) is 6.27. The second-order valence-electron chi connectivity index (χ2n) is 4.62. The zero-order valence-corrected chi connectivity index (χ0v) is 11.7. The number of aliphatic carboxylic acids is 1. The molecular formula is C14H15NO6. The second-order valence-corrected chi connectivity index (χ2v) is 4.62. The van der Waals surface area contributed by atoms with Crippen LogP contribution in [0.4, 0.5) is 5.69 Å². The fourth-order valence-corrected chi connectivity index (χ4v) is 2.25. The maximum atomic E-state index is 11.9. The molecule has 0 radical (unpaired) electrons. The molecule has 21 heavy (non-hydrogen) atoms. The molecule has 1 unspecified atom stereocenters. The van der Waals surface area contributed by atoms with Crippen LogP contribution in [-0.2, 0) is 14.3 Å². The highest BCUT2D eigenvalue weighted by Gasteiger charge is 2.35. The minimum Gasteiger partial charge on any atom is -0.496 e. The molecule has 0 spiro atoms. The van der Waals surface area contributed by atoms with E-state index in [-0.39, 0.29) is 30.2 Å². The lowest BCUT2D eigenvalue weighted by Gasteiger charge is -2.18. The number of hydrogen-bond donors (Lipinski definition) is 1. The van der Waals surface area contributed by atoms with Crippen LogP contribution in [0.15, 0.2) is 18.2 Å². The molecule has 1 saturated heterocycles. The second kappa shape index (κ2) is 5.82. The molecule has 7 nitrogen and oxygen atoms in total. The first kappa shape index (κ1) is 14.8. The summed E-state index contributed by atoms with van der Waals surface area (Å²) in [5, 5.41) is 8.98. The number of carbonyl (C=O) groups is 3. The summed E-state index contributed by atoms with van der Waals surface area (Å²) in [7, 11) is 2.66. The molecule has 1 N–H and O–H groups in total. The number of esters is 1. The molecule has 1 aliphatic rings. The summed E-state index contributed by atoms with van der Waals surface area (Å²) in [6.45, 7) is 0.106. The molecule has 0 aromatic heterocycles. The van der Waals surface area contributed by atoms with Crippen molar-refractivity contribution in [2.75, 3.05) is 25.7 Å². The Hall–Kier alpha value is -2.57. The number of anilines is 1. The van der Waals surface area contributed by atoms with Crippen molar-refractivity contribution >= 4 is 23.5 Å². The average molecular weight is 293 g/mol.